The van der Waals surface area contributed by atoms with Crippen LogP contribution in [-0.2, 0) is 16.7 Å². The maximum absolute atomic E-state index is 11.8. The second kappa shape index (κ2) is 13.8. The molecular formula is C24H40N2O3S. The fourth-order valence-corrected chi connectivity index (χ4v) is 4.92. The summed E-state index contributed by atoms with van der Waals surface area (Å²) in [5.41, 5.74) is 1.04. The average Bonchev–Trinajstić information content (AvgIpc) is 3.09. The molecule has 5 nitrogen and oxygen atoms in total. The standard InChI is InChI=1S/C24H40N2O3S/c1-2-3-4-5-6-7-8-9-10-11-12-13-14-15-16-21-24-25-22-19-17-18-20-23(22)26(24)30(27,28)29/h17-20H,2-16,21H2,1H3,(H,27,28,29). The molecule has 30 heavy (non-hydrogen) atoms. The Balaban J connectivity index is 1.54. The third-order valence-electron chi connectivity index (χ3n) is 5.82. The van der Waals surface area contributed by atoms with Crippen LogP contribution in [0, 0.1) is 0 Å². The number of imidazole rings is 1. The molecule has 1 aromatic carbocycles. The molecule has 0 saturated carbocycles. The van der Waals surface area contributed by atoms with Gasteiger partial charge in [0.15, 0.2) is 0 Å². The van der Waals surface area contributed by atoms with E-state index in [-0.39, 0.29) is 0 Å². The number of aryl methyl sites for hydroxylation is 1. The summed E-state index contributed by atoms with van der Waals surface area (Å²) < 4.78 is 34.1. The van der Waals surface area contributed by atoms with Crippen molar-refractivity contribution in [3.63, 3.8) is 0 Å². The van der Waals surface area contributed by atoms with Crippen LogP contribution in [0.25, 0.3) is 11.0 Å². The number of benzene rings is 1. The van der Waals surface area contributed by atoms with Gasteiger partial charge in [0.05, 0.1) is 11.0 Å². The van der Waals surface area contributed by atoms with Crippen LogP contribution in [-0.4, -0.2) is 21.9 Å². The molecule has 0 fully saturated rings. The lowest BCUT2D eigenvalue weighted by Crippen LogP contribution is -2.14. The molecule has 0 atom stereocenters. The van der Waals surface area contributed by atoms with Crippen molar-refractivity contribution >= 4 is 21.3 Å². The van der Waals surface area contributed by atoms with Crippen molar-refractivity contribution in [2.24, 2.45) is 0 Å². The molecule has 0 spiro atoms. The van der Waals surface area contributed by atoms with Crippen molar-refractivity contribution in [3.05, 3.63) is 30.1 Å². The van der Waals surface area contributed by atoms with Crippen LogP contribution >= 0.6 is 0 Å². The monoisotopic (exact) mass is 436 g/mol. The van der Waals surface area contributed by atoms with Gasteiger partial charge in [-0.05, 0) is 18.6 Å². The van der Waals surface area contributed by atoms with Crippen LogP contribution in [0.2, 0.25) is 0 Å². The van der Waals surface area contributed by atoms with Crippen LogP contribution < -0.4 is 0 Å². The molecule has 0 aliphatic rings. The Bertz CT molecular complexity index is 830. The number of unbranched alkanes of at least 4 members (excludes halogenated alkanes) is 14. The van der Waals surface area contributed by atoms with E-state index in [2.05, 4.69) is 11.9 Å². The van der Waals surface area contributed by atoms with Gasteiger partial charge in [0.2, 0.25) is 0 Å². The highest BCUT2D eigenvalue weighted by Crippen LogP contribution is 2.20. The molecule has 0 radical (unpaired) electrons. The minimum Gasteiger partial charge on any atom is -0.269 e. The average molecular weight is 437 g/mol. The summed E-state index contributed by atoms with van der Waals surface area (Å²) in [6.07, 6.45) is 20.0. The van der Waals surface area contributed by atoms with Gasteiger partial charge in [0, 0.05) is 6.42 Å². The van der Waals surface area contributed by atoms with E-state index >= 15 is 0 Å². The molecule has 170 valence electrons. The van der Waals surface area contributed by atoms with E-state index in [1.54, 1.807) is 18.2 Å². The van der Waals surface area contributed by atoms with Crippen LogP contribution in [0.4, 0.5) is 0 Å². The summed E-state index contributed by atoms with van der Waals surface area (Å²) >= 11 is 0. The van der Waals surface area contributed by atoms with Crippen molar-refractivity contribution in [1.29, 1.82) is 0 Å². The van der Waals surface area contributed by atoms with Crippen LogP contribution in [0.5, 0.6) is 0 Å². The topological polar surface area (TPSA) is 72.2 Å². The second-order valence-corrected chi connectivity index (χ2v) is 9.72. The largest absolute Gasteiger partial charge is 0.365 e. The van der Waals surface area contributed by atoms with Crippen molar-refractivity contribution in [1.82, 2.24) is 8.96 Å². The summed E-state index contributed by atoms with van der Waals surface area (Å²) in [5.74, 6) is 0.424. The van der Waals surface area contributed by atoms with E-state index in [1.807, 2.05) is 6.07 Å². The Hall–Kier alpha value is -1.40. The van der Waals surface area contributed by atoms with E-state index in [1.165, 1.54) is 83.5 Å². The molecule has 2 rings (SSSR count). The fraction of sp³-hybridized carbons (Fsp3) is 0.708. The summed E-state index contributed by atoms with van der Waals surface area (Å²) in [7, 11) is -4.33. The minimum absolute atomic E-state index is 0.424. The molecule has 6 heteroatoms. The lowest BCUT2D eigenvalue weighted by atomic mass is 10.0. The summed E-state index contributed by atoms with van der Waals surface area (Å²) in [6, 6.07) is 7.02. The van der Waals surface area contributed by atoms with Gasteiger partial charge in [-0.15, -0.1) is 0 Å². The van der Waals surface area contributed by atoms with Gasteiger partial charge in [-0.3, -0.25) is 4.55 Å². The fourth-order valence-electron chi connectivity index (χ4n) is 4.12. The zero-order chi connectivity index (χ0) is 21.7. The van der Waals surface area contributed by atoms with E-state index < -0.39 is 10.3 Å². The normalized spacial score (nSPS) is 12.1. The Morgan fingerprint density at radius 1 is 0.767 bits per heavy atom. The minimum atomic E-state index is -4.33. The van der Waals surface area contributed by atoms with Crippen molar-refractivity contribution in [2.45, 2.75) is 110 Å². The number of rotatable bonds is 17. The van der Waals surface area contributed by atoms with Gasteiger partial charge >= 0.3 is 10.3 Å². The van der Waals surface area contributed by atoms with E-state index in [0.717, 1.165) is 16.8 Å². The number of para-hydroxylation sites is 2. The molecule has 0 saturated heterocycles. The van der Waals surface area contributed by atoms with Gasteiger partial charge in [-0.25, -0.2) is 8.96 Å². The molecule has 1 heterocycles. The maximum Gasteiger partial charge on any atom is 0.365 e. The molecule has 0 amide bonds. The first-order chi connectivity index (χ1) is 14.5. The van der Waals surface area contributed by atoms with Gasteiger partial charge < -0.3 is 0 Å². The van der Waals surface area contributed by atoms with Crippen LogP contribution in [0.1, 0.15) is 109 Å². The molecule has 2 aromatic rings. The molecule has 1 aromatic heterocycles. The summed E-state index contributed by atoms with van der Waals surface area (Å²) in [6.45, 7) is 2.26. The number of hydrogen-bond acceptors (Lipinski definition) is 3. The molecule has 0 bridgehead atoms. The zero-order valence-corrected chi connectivity index (χ0v) is 19.5. The van der Waals surface area contributed by atoms with E-state index in [4.69, 9.17) is 0 Å². The third-order valence-corrected chi connectivity index (χ3v) is 6.69. The van der Waals surface area contributed by atoms with Crippen molar-refractivity contribution < 1.29 is 13.0 Å². The van der Waals surface area contributed by atoms with Gasteiger partial charge in [0.25, 0.3) is 0 Å². The number of hydrogen-bond donors (Lipinski definition) is 1. The lowest BCUT2D eigenvalue weighted by Gasteiger charge is -2.05. The first kappa shape index (κ1) is 24.9. The van der Waals surface area contributed by atoms with E-state index in [9.17, 15) is 13.0 Å². The predicted molar refractivity (Wildman–Crippen MR) is 125 cm³/mol. The molecular weight excluding hydrogens is 396 g/mol. The Morgan fingerprint density at radius 3 is 1.73 bits per heavy atom. The first-order valence-corrected chi connectivity index (χ1v) is 13.4. The maximum atomic E-state index is 11.8. The lowest BCUT2D eigenvalue weighted by molar-refractivity contribution is 0.471. The molecule has 0 unspecified atom stereocenters. The molecule has 1 N–H and O–H groups in total. The van der Waals surface area contributed by atoms with Gasteiger partial charge in [0.1, 0.15) is 5.82 Å². The summed E-state index contributed by atoms with van der Waals surface area (Å²) in [4.78, 5) is 4.41. The molecule has 0 aliphatic heterocycles. The second-order valence-electron chi connectivity index (χ2n) is 8.46. The van der Waals surface area contributed by atoms with Crippen molar-refractivity contribution in [2.75, 3.05) is 0 Å². The molecule has 0 aliphatic carbocycles. The highest BCUT2D eigenvalue weighted by Gasteiger charge is 2.18. The Kier molecular flexibility index (Phi) is 11.4. The van der Waals surface area contributed by atoms with Crippen LogP contribution in [0.15, 0.2) is 24.3 Å². The highest BCUT2D eigenvalue weighted by molar-refractivity contribution is 7.84. The SMILES string of the molecule is CCCCCCCCCCCCCCCCCc1nc2ccccc2n1S(=O)(=O)O. The zero-order valence-electron chi connectivity index (χ0n) is 18.7. The Morgan fingerprint density at radius 2 is 1.23 bits per heavy atom. The van der Waals surface area contributed by atoms with Gasteiger partial charge in [-0.2, -0.15) is 8.42 Å². The Labute approximate surface area is 183 Å². The third kappa shape index (κ3) is 8.76. The van der Waals surface area contributed by atoms with Gasteiger partial charge in [-0.1, -0.05) is 109 Å². The highest BCUT2D eigenvalue weighted by atomic mass is 32.2. The van der Waals surface area contributed by atoms with E-state index in [0.29, 0.717) is 23.3 Å². The number of nitrogens with zero attached hydrogens (tertiary/aromatic N) is 2. The smallest absolute Gasteiger partial charge is 0.269 e. The number of fused-ring (bicyclic) bond motifs is 1. The van der Waals surface area contributed by atoms with Crippen molar-refractivity contribution in [3.8, 4) is 0 Å². The van der Waals surface area contributed by atoms with Crippen LogP contribution in [0.3, 0.4) is 0 Å². The number of aromatic nitrogens is 2. The summed E-state index contributed by atoms with van der Waals surface area (Å²) in [5, 5.41) is 0. The first-order valence-electron chi connectivity index (χ1n) is 12.0. The predicted octanol–water partition coefficient (Wildman–Crippen LogP) is 7.10. The quantitative estimate of drug-likeness (QED) is 0.212.